The largest absolute Gasteiger partial charge is 0.456 e. The average molecular weight is 267 g/mol. The number of hydrogen-bond acceptors (Lipinski definition) is 4. The molecule has 0 aromatic heterocycles. The van der Waals surface area contributed by atoms with E-state index in [1.807, 2.05) is 0 Å². The number of benzene rings is 1. The van der Waals surface area contributed by atoms with Crippen LogP contribution in [0, 0.1) is 15.9 Å². The van der Waals surface area contributed by atoms with Crippen LogP contribution >= 0.6 is 0 Å². The maximum absolute atomic E-state index is 12.8. The molecule has 0 radical (unpaired) electrons. The Hall–Kier alpha value is -2.24. The van der Waals surface area contributed by atoms with E-state index < -0.39 is 22.3 Å². The SMILES string of the molecule is CC(C)(C)OC(=O)C(=C[N+](=O)[O-])c1ccc(F)cc1. The zero-order valence-corrected chi connectivity index (χ0v) is 10.8. The number of carbonyl (C=O) groups excluding carboxylic acids is 1. The molecule has 0 aliphatic rings. The van der Waals surface area contributed by atoms with Gasteiger partial charge in [0.15, 0.2) is 0 Å². The molecule has 0 bridgehead atoms. The van der Waals surface area contributed by atoms with Crippen LogP contribution in [0.1, 0.15) is 26.3 Å². The molecule has 0 heterocycles. The van der Waals surface area contributed by atoms with Gasteiger partial charge in [-0.2, -0.15) is 0 Å². The molecule has 0 saturated carbocycles. The molecule has 102 valence electrons. The standard InChI is InChI=1S/C13H14FNO4/c1-13(2,3)19-12(16)11(8-15(17)18)9-4-6-10(14)7-5-9/h4-8H,1-3H3. The number of halogens is 1. The van der Waals surface area contributed by atoms with Crippen molar-refractivity contribution in [1.82, 2.24) is 0 Å². The monoisotopic (exact) mass is 267 g/mol. The van der Waals surface area contributed by atoms with Crippen molar-refractivity contribution in [2.24, 2.45) is 0 Å². The van der Waals surface area contributed by atoms with Gasteiger partial charge in [-0.05, 0) is 38.5 Å². The number of nitro groups is 1. The molecule has 1 aromatic rings. The van der Waals surface area contributed by atoms with Crippen molar-refractivity contribution in [2.45, 2.75) is 26.4 Å². The van der Waals surface area contributed by atoms with Crippen LogP contribution in [0.5, 0.6) is 0 Å². The molecular formula is C13H14FNO4. The Labute approximate surface area is 109 Å². The first-order chi connectivity index (χ1) is 8.69. The third-order valence-electron chi connectivity index (χ3n) is 2.01. The number of ether oxygens (including phenoxy) is 1. The van der Waals surface area contributed by atoms with Crippen LogP contribution in [-0.2, 0) is 9.53 Å². The minimum Gasteiger partial charge on any atom is -0.456 e. The van der Waals surface area contributed by atoms with E-state index in [0.717, 1.165) is 12.1 Å². The molecule has 0 unspecified atom stereocenters. The first-order valence-corrected chi connectivity index (χ1v) is 5.53. The maximum Gasteiger partial charge on any atom is 0.345 e. The summed E-state index contributed by atoms with van der Waals surface area (Å²) in [6.07, 6.45) is 0.557. The van der Waals surface area contributed by atoms with Crippen LogP contribution in [0.3, 0.4) is 0 Å². The van der Waals surface area contributed by atoms with Crippen LogP contribution < -0.4 is 0 Å². The lowest BCUT2D eigenvalue weighted by Gasteiger charge is -2.19. The smallest absolute Gasteiger partial charge is 0.345 e. The van der Waals surface area contributed by atoms with Gasteiger partial charge in [-0.1, -0.05) is 12.1 Å². The van der Waals surface area contributed by atoms with Gasteiger partial charge in [-0.3, -0.25) is 10.1 Å². The van der Waals surface area contributed by atoms with Crippen molar-refractivity contribution in [3.8, 4) is 0 Å². The number of esters is 1. The van der Waals surface area contributed by atoms with E-state index in [1.54, 1.807) is 20.8 Å². The number of hydrogen-bond donors (Lipinski definition) is 0. The van der Waals surface area contributed by atoms with Crippen molar-refractivity contribution in [1.29, 1.82) is 0 Å². The maximum atomic E-state index is 12.8. The fraction of sp³-hybridized carbons (Fsp3) is 0.308. The Bertz CT molecular complexity index is 514. The van der Waals surface area contributed by atoms with Gasteiger partial charge in [0.2, 0.25) is 6.20 Å². The van der Waals surface area contributed by atoms with E-state index in [0.29, 0.717) is 6.20 Å². The van der Waals surface area contributed by atoms with E-state index in [1.165, 1.54) is 12.1 Å². The molecule has 0 aliphatic carbocycles. The topological polar surface area (TPSA) is 69.4 Å². The molecule has 0 atom stereocenters. The Morgan fingerprint density at radius 3 is 2.26 bits per heavy atom. The van der Waals surface area contributed by atoms with E-state index in [2.05, 4.69) is 0 Å². The van der Waals surface area contributed by atoms with Gasteiger partial charge in [0.05, 0.1) is 4.92 Å². The van der Waals surface area contributed by atoms with Crippen molar-refractivity contribution >= 4 is 11.5 Å². The first-order valence-electron chi connectivity index (χ1n) is 5.53. The van der Waals surface area contributed by atoms with Gasteiger partial charge in [-0.15, -0.1) is 0 Å². The lowest BCUT2D eigenvalue weighted by molar-refractivity contribution is -0.401. The van der Waals surface area contributed by atoms with Crippen LogP contribution in [0.25, 0.3) is 5.57 Å². The summed E-state index contributed by atoms with van der Waals surface area (Å²) < 4.78 is 17.9. The molecule has 0 aliphatic heterocycles. The second-order valence-corrected chi connectivity index (χ2v) is 4.84. The Balaban J connectivity index is 3.13. The summed E-state index contributed by atoms with van der Waals surface area (Å²) >= 11 is 0. The van der Waals surface area contributed by atoms with Gasteiger partial charge in [0.1, 0.15) is 17.0 Å². The molecule has 0 spiro atoms. The highest BCUT2D eigenvalue weighted by Crippen LogP contribution is 2.20. The lowest BCUT2D eigenvalue weighted by Crippen LogP contribution is -2.24. The highest BCUT2D eigenvalue weighted by molar-refractivity contribution is 6.16. The summed E-state index contributed by atoms with van der Waals surface area (Å²) in [5.74, 6) is -1.32. The highest BCUT2D eigenvalue weighted by atomic mass is 19.1. The highest BCUT2D eigenvalue weighted by Gasteiger charge is 2.23. The Kier molecular flexibility index (Phi) is 4.37. The molecule has 5 nitrogen and oxygen atoms in total. The first kappa shape index (κ1) is 14.8. The second-order valence-electron chi connectivity index (χ2n) is 4.84. The number of carbonyl (C=O) groups is 1. The van der Waals surface area contributed by atoms with Crippen molar-refractivity contribution in [3.63, 3.8) is 0 Å². The zero-order valence-electron chi connectivity index (χ0n) is 10.8. The summed E-state index contributed by atoms with van der Waals surface area (Å²) in [5.41, 5.74) is -0.764. The fourth-order valence-electron chi connectivity index (χ4n) is 1.31. The fourth-order valence-corrected chi connectivity index (χ4v) is 1.31. The third-order valence-corrected chi connectivity index (χ3v) is 2.01. The van der Waals surface area contributed by atoms with E-state index in [9.17, 15) is 19.3 Å². The van der Waals surface area contributed by atoms with Crippen LogP contribution in [0.4, 0.5) is 4.39 Å². The predicted molar refractivity (Wildman–Crippen MR) is 67.2 cm³/mol. The molecule has 19 heavy (non-hydrogen) atoms. The zero-order chi connectivity index (χ0) is 14.6. The summed E-state index contributed by atoms with van der Waals surface area (Å²) in [6.45, 7) is 4.96. The molecular weight excluding hydrogens is 253 g/mol. The Morgan fingerprint density at radius 2 is 1.84 bits per heavy atom. The molecule has 0 saturated heterocycles. The van der Waals surface area contributed by atoms with Gasteiger partial charge in [0, 0.05) is 0 Å². The lowest BCUT2D eigenvalue weighted by atomic mass is 10.1. The van der Waals surface area contributed by atoms with Gasteiger partial charge >= 0.3 is 5.97 Å². The van der Waals surface area contributed by atoms with E-state index in [-0.39, 0.29) is 11.1 Å². The number of nitrogens with zero attached hydrogens (tertiary/aromatic N) is 1. The number of rotatable bonds is 3. The van der Waals surface area contributed by atoms with E-state index >= 15 is 0 Å². The van der Waals surface area contributed by atoms with Crippen molar-refractivity contribution < 1.29 is 18.8 Å². The molecule has 0 amide bonds. The average Bonchev–Trinajstić information content (AvgIpc) is 2.24. The third kappa shape index (κ3) is 4.87. The van der Waals surface area contributed by atoms with Crippen LogP contribution in [0.15, 0.2) is 30.5 Å². The molecule has 1 rings (SSSR count). The van der Waals surface area contributed by atoms with Crippen LogP contribution in [0.2, 0.25) is 0 Å². The molecule has 6 heteroatoms. The summed E-state index contributed by atoms with van der Waals surface area (Å²) in [5, 5.41) is 10.6. The second kappa shape index (κ2) is 5.60. The predicted octanol–water partition coefficient (Wildman–Crippen LogP) is 2.79. The molecule has 0 fully saturated rings. The van der Waals surface area contributed by atoms with Crippen molar-refractivity contribution in [2.75, 3.05) is 0 Å². The Morgan fingerprint density at radius 1 is 1.32 bits per heavy atom. The van der Waals surface area contributed by atoms with Crippen molar-refractivity contribution in [3.05, 3.63) is 52.0 Å². The molecule has 1 aromatic carbocycles. The quantitative estimate of drug-likeness (QED) is 0.365. The minimum absolute atomic E-state index is 0.222. The van der Waals surface area contributed by atoms with Gasteiger partial charge < -0.3 is 4.74 Å². The van der Waals surface area contributed by atoms with Gasteiger partial charge in [0.25, 0.3) is 0 Å². The summed E-state index contributed by atoms with van der Waals surface area (Å²) in [6, 6.07) is 4.81. The summed E-state index contributed by atoms with van der Waals surface area (Å²) in [4.78, 5) is 21.7. The minimum atomic E-state index is -0.823. The summed E-state index contributed by atoms with van der Waals surface area (Å²) in [7, 11) is 0. The molecule has 0 N–H and O–H groups in total. The van der Waals surface area contributed by atoms with Gasteiger partial charge in [-0.25, -0.2) is 9.18 Å². The van der Waals surface area contributed by atoms with E-state index in [4.69, 9.17) is 4.74 Å². The normalized spacial score (nSPS) is 12.1. The van der Waals surface area contributed by atoms with Crippen LogP contribution in [-0.4, -0.2) is 16.5 Å².